The van der Waals surface area contributed by atoms with Gasteiger partial charge >= 0.3 is 0 Å². The maximum absolute atomic E-state index is 13.2. The Kier molecular flexibility index (Phi) is 3.87. The molecule has 1 amide bonds. The van der Waals surface area contributed by atoms with Gasteiger partial charge in [0, 0.05) is 42.2 Å². The van der Waals surface area contributed by atoms with Crippen molar-refractivity contribution in [2.75, 3.05) is 26.2 Å². The Balaban J connectivity index is 1.67. The summed E-state index contributed by atoms with van der Waals surface area (Å²) in [5, 5.41) is 10.3. The second kappa shape index (κ2) is 6.37. The van der Waals surface area contributed by atoms with Crippen molar-refractivity contribution in [1.29, 1.82) is 0 Å². The molecule has 0 spiro atoms. The Morgan fingerprint density at radius 1 is 1.08 bits per heavy atom. The van der Waals surface area contributed by atoms with Gasteiger partial charge in [0.25, 0.3) is 5.91 Å². The molecular formula is C20H20N4OS. The number of carbonyl (C=O) groups excluding carboxylic acids is 1. The smallest absolute Gasteiger partial charge is 0.274 e. The normalized spacial score (nSPS) is 16.2. The third kappa shape index (κ3) is 2.48. The van der Waals surface area contributed by atoms with Gasteiger partial charge in [-0.25, -0.2) is 4.68 Å². The van der Waals surface area contributed by atoms with Crippen LogP contribution in [0.25, 0.3) is 16.9 Å². The number of piperazine rings is 1. The number of para-hydroxylation sites is 1. The average Bonchev–Trinajstić information content (AvgIpc) is 3.33. The van der Waals surface area contributed by atoms with Gasteiger partial charge in [-0.05, 0) is 36.4 Å². The van der Waals surface area contributed by atoms with E-state index in [2.05, 4.69) is 16.8 Å². The molecule has 0 saturated carbocycles. The molecule has 0 radical (unpaired) electrons. The number of hydrogen-bond acceptors (Lipinski definition) is 4. The molecule has 3 heterocycles. The van der Waals surface area contributed by atoms with Crippen molar-refractivity contribution < 1.29 is 4.79 Å². The highest BCUT2D eigenvalue weighted by atomic mass is 32.1. The zero-order valence-corrected chi connectivity index (χ0v) is 15.3. The molecule has 5 nitrogen and oxygen atoms in total. The van der Waals surface area contributed by atoms with E-state index in [0.29, 0.717) is 5.69 Å². The molecule has 0 unspecified atom stereocenters. The first kappa shape index (κ1) is 15.8. The first-order valence-corrected chi connectivity index (χ1v) is 9.95. The number of aryl methyl sites for hydroxylation is 1. The Morgan fingerprint density at radius 2 is 1.88 bits per heavy atom. The lowest BCUT2D eigenvalue weighted by molar-refractivity contribution is 0.0728. The number of carbonyl (C=O) groups is 1. The van der Waals surface area contributed by atoms with Crippen LogP contribution in [-0.2, 0) is 12.8 Å². The highest BCUT2D eigenvalue weighted by Gasteiger charge is 2.31. The van der Waals surface area contributed by atoms with Crippen LogP contribution in [0.2, 0.25) is 0 Å². The van der Waals surface area contributed by atoms with E-state index >= 15 is 0 Å². The van der Waals surface area contributed by atoms with Crippen molar-refractivity contribution in [2.45, 2.75) is 12.8 Å². The van der Waals surface area contributed by atoms with Crippen molar-refractivity contribution in [1.82, 2.24) is 20.0 Å². The molecule has 2 aromatic heterocycles. The number of amides is 1. The highest BCUT2D eigenvalue weighted by Crippen LogP contribution is 2.39. The fourth-order valence-corrected chi connectivity index (χ4v) is 4.77. The van der Waals surface area contributed by atoms with Gasteiger partial charge in [0.15, 0.2) is 5.69 Å². The standard InChI is InChI=1S/C20H20N4OS/c25-20(23-11-9-21-10-12-23)18-16-6-7-17-15(8-13-26-17)19(16)24(22-18)14-4-2-1-3-5-14/h1-5,8,13,21H,6-7,9-12H2. The van der Waals surface area contributed by atoms with Gasteiger partial charge < -0.3 is 10.2 Å². The summed E-state index contributed by atoms with van der Waals surface area (Å²) in [6.45, 7) is 3.19. The summed E-state index contributed by atoms with van der Waals surface area (Å²) >= 11 is 1.79. The molecule has 1 N–H and O–H groups in total. The molecule has 26 heavy (non-hydrogen) atoms. The molecule has 6 heteroatoms. The maximum Gasteiger partial charge on any atom is 0.274 e. The van der Waals surface area contributed by atoms with Crippen molar-refractivity contribution >= 4 is 17.2 Å². The van der Waals surface area contributed by atoms with Crippen molar-refractivity contribution in [3.8, 4) is 16.9 Å². The van der Waals surface area contributed by atoms with Gasteiger partial charge in [-0.15, -0.1) is 11.3 Å². The van der Waals surface area contributed by atoms with Gasteiger partial charge in [-0.3, -0.25) is 4.79 Å². The molecule has 1 aliphatic carbocycles. The van der Waals surface area contributed by atoms with E-state index in [1.54, 1.807) is 11.3 Å². The van der Waals surface area contributed by atoms with Crippen LogP contribution in [0.4, 0.5) is 0 Å². The number of fused-ring (bicyclic) bond motifs is 3. The SMILES string of the molecule is O=C(c1nn(-c2ccccc2)c2c1CCc1sccc1-2)N1CCNCC1. The summed E-state index contributed by atoms with van der Waals surface area (Å²) in [5.41, 5.74) is 5.05. The predicted octanol–water partition coefficient (Wildman–Crippen LogP) is 2.74. The van der Waals surface area contributed by atoms with Gasteiger partial charge in [0.1, 0.15) is 0 Å². The van der Waals surface area contributed by atoms with Crippen LogP contribution in [0.5, 0.6) is 0 Å². The van der Waals surface area contributed by atoms with E-state index in [1.165, 1.54) is 10.4 Å². The van der Waals surface area contributed by atoms with E-state index in [9.17, 15) is 4.79 Å². The number of thiophene rings is 1. The van der Waals surface area contributed by atoms with Crippen LogP contribution in [0.3, 0.4) is 0 Å². The van der Waals surface area contributed by atoms with Gasteiger partial charge in [-0.2, -0.15) is 5.10 Å². The zero-order valence-electron chi connectivity index (χ0n) is 14.4. The van der Waals surface area contributed by atoms with E-state index < -0.39 is 0 Å². The minimum Gasteiger partial charge on any atom is -0.335 e. The van der Waals surface area contributed by atoms with E-state index in [-0.39, 0.29) is 5.91 Å². The lowest BCUT2D eigenvalue weighted by Crippen LogP contribution is -2.46. The topological polar surface area (TPSA) is 50.2 Å². The van der Waals surface area contributed by atoms with Gasteiger partial charge in [0.2, 0.25) is 0 Å². The minimum atomic E-state index is 0.0658. The van der Waals surface area contributed by atoms with Gasteiger partial charge in [-0.1, -0.05) is 18.2 Å². The largest absolute Gasteiger partial charge is 0.335 e. The van der Waals surface area contributed by atoms with Crippen LogP contribution in [0.1, 0.15) is 20.9 Å². The summed E-state index contributed by atoms with van der Waals surface area (Å²) in [4.78, 5) is 16.5. The molecule has 1 aliphatic heterocycles. The third-order valence-corrected chi connectivity index (χ3v) is 6.17. The average molecular weight is 364 g/mol. The summed E-state index contributed by atoms with van der Waals surface area (Å²) in [6, 6.07) is 12.3. The van der Waals surface area contributed by atoms with Crippen LogP contribution in [-0.4, -0.2) is 46.8 Å². The van der Waals surface area contributed by atoms with Crippen LogP contribution < -0.4 is 5.32 Å². The lowest BCUT2D eigenvalue weighted by Gasteiger charge is -2.27. The summed E-state index contributed by atoms with van der Waals surface area (Å²) in [6.07, 6.45) is 1.87. The lowest BCUT2D eigenvalue weighted by atomic mass is 9.94. The van der Waals surface area contributed by atoms with Crippen molar-refractivity contribution in [3.05, 3.63) is 57.9 Å². The van der Waals surface area contributed by atoms with E-state index in [4.69, 9.17) is 5.10 Å². The third-order valence-electron chi connectivity index (χ3n) is 5.19. The first-order chi connectivity index (χ1) is 12.8. The number of nitrogens with one attached hydrogen (secondary N) is 1. The van der Waals surface area contributed by atoms with Gasteiger partial charge in [0.05, 0.1) is 11.4 Å². The second-order valence-electron chi connectivity index (χ2n) is 6.72. The molecule has 1 fully saturated rings. The molecule has 3 aromatic rings. The number of nitrogens with zero attached hydrogens (tertiary/aromatic N) is 3. The molecule has 5 rings (SSSR count). The quantitative estimate of drug-likeness (QED) is 0.761. The Morgan fingerprint density at radius 3 is 2.69 bits per heavy atom. The fraction of sp³-hybridized carbons (Fsp3) is 0.300. The summed E-state index contributed by atoms with van der Waals surface area (Å²) in [7, 11) is 0. The fourth-order valence-electron chi connectivity index (χ4n) is 3.89. The summed E-state index contributed by atoms with van der Waals surface area (Å²) in [5.74, 6) is 0.0658. The molecule has 132 valence electrons. The van der Waals surface area contributed by atoms with Crippen molar-refractivity contribution in [2.24, 2.45) is 0 Å². The molecule has 0 atom stereocenters. The molecule has 1 saturated heterocycles. The first-order valence-electron chi connectivity index (χ1n) is 9.07. The Bertz CT molecular complexity index is 954. The molecular weight excluding hydrogens is 344 g/mol. The maximum atomic E-state index is 13.2. The number of benzene rings is 1. The monoisotopic (exact) mass is 364 g/mol. The molecule has 1 aromatic carbocycles. The Labute approximate surface area is 156 Å². The van der Waals surface area contributed by atoms with Crippen LogP contribution >= 0.6 is 11.3 Å². The molecule has 0 bridgehead atoms. The van der Waals surface area contributed by atoms with Crippen molar-refractivity contribution in [3.63, 3.8) is 0 Å². The zero-order chi connectivity index (χ0) is 17.5. The summed E-state index contributed by atoms with van der Waals surface area (Å²) < 4.78 is 1.97. The number of rotatable bonds is 2. The predicted molar refractivity (Wildman–Crippen MR) is 103 cm³/mol. The number of hydrogen-bond donors (Lipinski definition) is 1. The molecule has 2 aliphatic rings. The van der Waals surface area contributed by atoms with E-state index in [0.717, 1.165) is 56.0 Å². The Hall–Kier alpha value is -2.44. The van der Waals surface area contributed by atoms with Crippen LogP contribution in [0, 0.1) is 0 Å². The number of aromatic nitrogens is 2. The van der Waals surface area contributed by atoms with Crippen LogP contribution in [0.15, 0.2) is 41.8 Å². The minimum absolute atomic E-state index is 0.0658. The highest BCUT2D eigenvalue weighted by molar-refractivity contribution is 7.10. The second-order valence-corrected chi connectivity index (χ2v) is 7.72. The van der Waals surface area contributed by atoms with E-state index in [1.807, 2.05) is 39.9 Å².